The average molecular weight is 307 g/mol. The van der Waals surface area contributed by atoms with Crippen LogP contribution in [0.15, 0.2) is 42.7 Å². The monoisotopic (exact) mass is 307 g/mol. The van der Waals surface area contributed by atoms with Gasteiger partial charge in [0, 0.05) is 43.1 Å². The summed E-state index contributed by atoms with van der Waals surface area (Å²) in [6, 6.07) is 11.9. The molecule has 1 fully saturated rings. The molecule has 1 aromatic heterocycles. The Hall–Kier alpha value is -1.87. The summed E-state index contributed by atoms with van der Waals surface area (Å²) in [5.74, 6) is 0.633. The van der Waals surface area contributed by atoms with Crippen LogP contribution in [0.25, 0.3) is 0 Å². The van der Waals surface area contributed by atoms with Crippen molar-refractivity contribution in [3.05, 3.63) is 59.4 Å². The molecule has 3 nitrogen and oxygen atoms in total. The lowest BCUT2D eigenvalue weighted by molar-refractivity contribution is 0.330. The maximum absolute atomic E-state index is 4.30. The molecule has 0 aliphatic carbocycles. The molecule has 1 unspecified atom stereocenters. The van der Waals surface area contributed by atoms with Gasteiger partial charge in [0.05, 0.1) is 0 Å². The average Bonchev–Trinajstić information content (AvgIpc) is 2.70. The molecule has 0 N–H and O–H groups in total. The lowest BCUT2D eigenvalue weighted by Gasteiger charge is -2.29. The van der Waals surface area contributed by atoms with Gasteiger partial charge in [0.1, 0.15) is 0 Å². The zero-order valence-electron chi connectivity index (χ0n) is 14.1. The Morgan fingerprint density at radius 2 is 2.17 bits per heavy atom. The molecule has 0 saturated carbocycles. The topological polar surface area (TPSA) is 19.4 Å². The minimum Gasteiger partial charge on any atom is -0.363 e. The molecule has 2 aliphatic rings. The Bertz CT molecular complexity index is 683. The number of hydrogen-bond donors (Lipinski definition) is 0. The van der Waals surface area contributed by atoms with E-state index in [1.54, 1.807) is 5.56 Å². The van der Waals surface area contributed by atoms with Gasteiger partial charge in [-0.05, 0) is 56.6 Å². The molecule has 120 valence electrons. The number of pyridine rings is 1. The molecule has 2 aliphatic heterocycles. The molecule has 23 heavy (non-hydrogen) atoms. The summed E-state index contributed by atoms with van der Waals surface area (Å²) < 4.78 is 0. The number of anilines is 1. The molecule has 0 amide bonds. The third-order valence-electron chi connectivity index (χ3n) is 5.38. The van der Waals surface area contributed by atoms with Crippen molar-refractivity contribution in [3.63, 3.8) is 0 Å². The van der Waals surface area contributed by atoms with Crippen LogP contribution in [-0.4, -0.2) is 36.1 Å². The summed E-state index contributed by atoms with van der Waals surface area (Å²) in [6.07, 6.45) is 6.43. The molecular formula is C20H25N3. The number of fused-ring (bicyclic) bond motifs is 3. The van der Waals surface area contributed by atoms with Gasteiger partial charge in [0.2, 0.25) is 0 Å². The first-order valence-electron chi connectivity index (χ1n) is 8.67. The third-order valence-corrected chi connectivity index (χ3v) is 5.38. The minimum absolute atomic E-state index is 0.622. The second-order valence-corrected chi connectivity index (χ2v) is 7.13. The van der Waals surface area contributed by atoms with E-state index in [0.29, 0.717) is 12.0 Å². The highest BCUT2D eigenvalue weighted by atomic mass is 15.2. The lowest BCUT2D eigenvalue weighted by Crippen LogP contribution is -2.35. The number of aryl methyl sites for hydroxylation is 1. The van der Waals surface area contributed by atoms with Crippen LogP contribution in [0.3, 0.4) is 0 Å². The third kappa shape index (κ3) is 2.74. The summed E-state index contributed by atoms with van der Waals surface area (Å²) in [5, 5.41) is 0. The van der Waals surface area contributed by atoms with Crippen LogP contribution in [0.1, 0.15) is 35.4 Å². The molecule has 2 atom stereocenters. The van der Waals surface area contributed by atoms with Crippen LogP contribution in [0, 0.1) is 6.92 Å². The van der Waals surface area contributed by atoms with Crippen molar-refractivity contribution in [1.82, 2.24) is 9.88 Å². The van der Waals surface area contributed by atoms with Crippen LogP contribution >= 0.6 is 0 Å². The molecule has 3 heteroatoms. The van der Waals surface area contributed by atoms with Crippen LogP contribution < -0.4 is 4.90 Å². The normalized spacial score (nSPS) is 24.2. The highest BCUT2D eigenvalue weighted by Crippen LogP contribution is 2.45. The van der Waals surface area contributed by atoms with Crippen molar-refractivity contribution in [2.45, 2.75) is 38.3 Å². The van der Waals surface area contributed by atoms with E-state index in [-0.39, 0.29) is 0 Å². The highest BCUT2D eigenvalue weighted by molar-refractivity contribution is 5.63. The van der Waals surface area contributed by atoms with Gasteiger partial charge in [-0.25, -0.2) is 0 Å². The molecule has 1 saturated heterocycles. The zero-order valence-corrected chi connectivity index (χ0v) is 14.1. The van der Waals surface area contributed by atoms with Crippen molar-refractivity contribution in [2.75, 3.05) is 25.0 Å². The smallest absolute Gasteiger partial charge is 0.0448 e. The standard InChI is InChI=1S/C20H25N3/c1-15-7-8-20-17(11-15)18-14-22(2)10-4-6-19(18)23(20)13-16-5-3-9-21-12-16/h3,5,7-9,11-12,18-19H,4,6,10,13-14H2,1-2H3/t18?,19-/m0/s1. The van der Waals surface area contributed by atoms with Gasteiger partial charge in [-0.2, -0.15) is 0 Å². The van der Waals surface area contributed by atoms with E-state index in [4.69, 9.17) is 0 Å². The lowest BCUT2D eigenvalue weighted by atomic mass is 9.92. The largest absolute Gasteiger partial charge is 0.363 e. The molecule has 0 radical (unpaired) electrons. The first-order valence-corrected chi connectivity index (χ1v) is 8.67. The summed E-state index contributed by atoms with van der Waals surface area (Å²) in [4.78, 5) is 9.44. The van der Waals surface area contributed by atoms with E-state index in [9.17, 15) is 0 Å². The van der Waals surface area contributed by atoms with Gasteiger partial charge in [-0.15, -0.1) is 0 Å². The fourth-order valence-corrected chi connectivity index (χ4v) is 4.30. The van der Waals surface area contributed by atoms with E-state index < -0.39 is 0 Å². The molecule has 1 aromatic carbocycles. The van der Waals surface area contributed by atoms with E-state index in [1.807, 2.05) is 18.5 Å². The molecule has 2 aromatic rings. The van der Waals surface area contributed by atoms with E-state index >= 15 is 0 Å². The van der Waals surface area contributed by atoms with Crippen LogP contribution in [0.4, 0.5) is 5.69 Å². The Labute approximate surface area is 139 Å². The van der Waals surface area contributed by atoms with Gasteiger partial charge in [-0.1, -0.05) is 23.8 Å². The van der Waals surface area contributed by atoms with Gasteiger partial charge < -0.3 is 9.80 Å². The van der Waals surface area contributed by atoms with Gasteiger partial charge >= 0.3 is 0 Å². The SMILES string of the molecule is Cc1ccc2c(c1)C1CN(C)CCC[C@@H]1N2Cc1cccnc1. The number of hydrogen-bond acceptors (Lipinski definition) is 3. The number of aromatic nitrogens is 1. The fraction of sp³-hybridized carbons (Fsp3) is 0.450. The van der Waals surface area contributed by atoms with Crippen molar-refractivity contribution < 1.29 is 0 Å². The van der Waals surface area contributed by atoms with E-state index in [0.717, 1.165) is 6.54 Å². The van der Waals surface area contributed by atoms with E-state index in [1.165, 1.54) is 42.7 Å². The number of benzene rings is 1. The van der Waals surface area contributed by atoms with Gasteiger partial charge in [0.15, 0.2) is 0 Å². The molecule has 4 rings (SSSR count). The van der Waals surface area contributed by atoms with E-state index in [2.05, 4.69) is 53.0 Å². The number of likely N-dealkylation sites (N-methyl/N-ethyl adjacent to an activating group) is 1. The zero-order chi connectivity index (χ0) is 15.8. The number of nitrogens with zero attached hydrogens (tertiary/aromatic N) is 3. The maximum atomic E-state index is 4.30. The van der Waals surface area contributed by atoms with Crippen LogP contribution in [-0.2, 0) is 6.54 Å². The van der Waals surface area contributed by atoms with Crippen molar-refractivity contribution >= 4 is 5.69 Å². The Morgan fingerprint density at radius 3 is 3.00 bits per heavy atom. The summed E-state index contributed by atoms with van der Waals surface area (Å²) in [5.41, 5.74) is 5.66. The highest BCUT2D eigenvalue weighted by Gasteiger charge is 2.39. The van der Waals surface area contributed by atoms with Crippen LogP contribution in [0.2, 0.25) is 0 Å². The minimum atomic E-state index is 0.622. The van der Waals surface area contributed by atoms with Gasteiger partial charge in [-0.3, -0.25) is 4.98 Å². The maximum Gasteiger partial charge on any atom is 0.0448 e. The predicted molar refractivity (Wildman–Crippen MR) is 94.9 cm³/mol. The first kappa shape index (κ1) is 14.7. The Kier molecular flexibility index (Phi) is 3.82. The number of rotatable bonds is 2. The van der Waals surface area contributed by atoms with Crippen molar-refractivity contribution in [3.8, 4) is 0 Å². The van der Waals surface area contributed by atoms with Crippen molar-refractivity contribution in [1.29, 1.82) is 0 Å². The Morgan fingerprint density at radius 1 is 1.26 bits per heavy atom. The van der Waals surface area contributed by atoms with Gasteiger partial charge in [0.25, 0.3) is 0 Å². The predicted octanol–water partition coefficient (Wildman–Crippen LogP) is 3.59. The quantitative estimate of drug-likeness (QED) is 0.845. The molecular weight excluding hydrogens is 282 g/mol. The molecule has 3 heterocycles. The van der Waals surface area contributed by atoms with Crippen LogP contribution in [0.5, 0.6) is 0 Å². The molecule has 0 spiro atoms. The first-order chi connectivity index (χ1) is 11.2. The molecule has 0 bridgehead atoms. The summed E-state index contributed by atoms with van der Waals surface area (Å²) in [6.45, 7) is 5.56. The number of likely N-dealkylation sites (tertiary alicyclic amines) is 1. The second kappa shape index (κ2) is 5.97. The second-order valence-electron chi connectivity index (χ2n) is 7.13. The Balaban J connectivity index is 1.73. The summed E-state index contributed by atoms with van der Waals surface area (Å²) in [7, 11) is 2.27. The van der Waals surface area contributed by atoms with Crippen molar-refractivity contribution in [2.24, 2.45) is 0 Å². The fourth-order valence-electron chi connectivity index (χ4n) is 4.30. The summed E-state index contributed by atoms with van der Waals surface area (Å²) >= 11 is 0.